The Labute approximate surface area is 206 Å². The summed E-state index contributed by atoms with van der Waals surface area (Å²) in [5.41, 5.74) is 21.0. The van der Waals surface area contributed by atoms with Crippen LogP contribution in [-0.2, 0) is 14.3 Å². The lowest BCUT2D eigenvalue weighted by Gasteiger charge is -2.22. The molecule has 11 heteroatoms. The molecule has 0 radical (unpaired) electrons. The molecule has 0 rings (SSSR count). The van der Waals surface area contributed by atoms with E-state index >= 15 is 0 Å². The van der Waals surface area contributed by atoms with Gasteiger partial charge in [0, 0.05) is 6.54 Å². The summed E-state index contributed by atoms with van der Waals surface area (Å²) in [5.74, 6) is -0.408. The van der Waals surface area contributed by atoms with Gasteiger partial charge in [-0.1, -0.05) is 39.0 Å². The maximum Gasteiger partial charge on any atom is 0.404 e. The number of primary amides is 1. The monoisotopic (exact) mass is 489 g/mol. The van der Waals surface area contributed by atoms with Crippen molar-refractivity contribution in [3.8, 4) is 0 Å². The first-order chi connectivity index (χ1) is 16.4. The molecule has 0 aliphatic heterocycles. The summed E-state index contributed by atoms with van der Waals surface area (Å²) >= 11 is 0. The lowest BCUT2D eigenvalue weighted by molar-refractivity contribution is -0.135. The summed E-state index contributed by atoms with van der Waals surface area (Å²) in [6.45, 7) is 5.93. The molecule has 0 bridgehead atoms. The third-order valence-corrected chi connectivity index (χ3v) is 4.88. The van der Waals surface area contributed by atoms with E-state index in [0.29, 0.717) is 13.1 Å². The van der Waals surface area contributed by atoms with Gasteiger partial charge in [0.2, 0.25) is 11.8 Å². The zero-order chi connectivity index (χ0) is 25.9. The van der Waals surface area contributed by atoms with Gasteiger partial charge in [0.25, 0.3) is 0 Å². The molecule has 0 aromatic rings. The van der Waals surface area contributed by atoms with Crippen molar-refractivity contribution in [2.45, 2.75) is 71.1 Å². The average Bonchev–Trinajstić information content (AvgIpc) is 2.81. The number of hydrogen-bond donors (Lipinski definition) is 6. The number of rotatable bonds is 21. The minimum atomic E-state index is -0.888. The van der Waals surface area contributed by atoms with Crippen LogP contribution in [0.3, 0.4) is 0 Å². The van der Waals surface area contributed by atoms with Crippen LogP contribution >= 0.6 is 0 Å². The largest absolute Gasteiger partial charge is 0.448 e. The first-order valence-electron chi connectivity index (χ1n) is 12.7. The van der Waals surface area contributed by atoms with E-state index in [1.165, 1.54) is 12.8 Å². The fourth-order valence-corrected chi connectivity index (χ4v) is 2.92. The van der Waals surface area contributed by atoms with E-state index in [1.54, 1.807) is 4.90 Å². The number of carbonyl (C=O) groups excluding carboxylic acids is 3. The van der Waals surface area contributed by atoms with Gasteiger partial charge >= 0.3 is 6.09 Å². The topological polar surface area (TPSA) is 192 Å². The molecule has 0 unspecified atom stereocenters. The second-order valence-electron chi connectivity index (χ2n) is 8.06. The number of nitrogens with zero attached hydrogens (tertiary/aromatic N) is 1. The second kappa shape index (κ2) is 27.3. The summed E-state index contributed by atoms with van der Waals surface area (Å²) in [4.78, 5) is 36.6. The summed E-state index contributed by atoms with van der Waals surface area (Å²) < 4.78 is 4.56. The molecule has 202 valence electrons. The molecule has 34 heavy (non-hydrogen) atoms. The molecule has 11 nitrogen and oxygen atoms in total. The highest BCUT2D eigenvalue weighted by Crippen LogP contribution is 2.02. The Kier molecular flexibility index (Phi) is 27.5. The molecule has 0 atom stereocenters. The van der Waals surface area contributed by atoms with E-state index in [0.717, 1.165) is 71.0 Å². The fraction of sp³-hybridized carbons (Fsp3) is 0.870. The second-order valence-corrected chi connectivity index (χ2v) is 8.06. The normalized spacial score (nSPS) is 10.2. The van der Waals surface area contributed by atoms with Gasteiger partial charge in [0.15, 0.2) is 0 Å². The molecule has 0 aliphatic rings. The minimum Gasteiger partial charge on any atom is -0.448 e. The number of unbranched alkanes of at least 4 members (excludes halogenated alkanes) is 7. The van der Waals surface area contributed by atoms with Crippen molar-refractivity contribution in [1.82, 2.24) is 15.5 Å². The number of hydrogen-bond acceptors (Lipinski definition) is 8. The highest BCUT2D eigenvalue weighted by molar-refractivity contribution is 5.85. The Bertz CT molecular complexity index is 494. The van der Waals surface area contributed by atoms with Crippen LogP contribution in [0.1, 0.15) is 71.1 Å². The minimum absolute atomic E-state index is 0.00163. The van der Waals surface area contributed by atoms with Crippen LogP contribution in [0.25, 0.3) is 0 Å². The standard InChI is InChI=1S/C19H40N6O4.C4H11N/c20-9-5-2-1-3-7-11-23-15-18(27)25(13-8-4-6-10-21)16-17(26)24-12-14-29-19(22)28;1-2-3-4-5/h23H,1-16,20-21H2,(H2,22,28)(H,24,26);2-5H2,1H3. The van der Waals surface area contributed by atoms with Crippen LogP contribution in [0.2, 0.25) is 0 Å². The van der Waals surface area contributed by atoms with E-state index in [1.807, 2.05) is 0 Å². The van der Waals surface area contributed by atoms with Crippen LogP contribution in [0, 0.1) is 0 Å². The summed E-state index contributed by atoms with van der Waals surface area (Å²) in [5, 5.41) is 5.77. The predicted molar refractivity (Wildman–Crippen MR) is 137 cm³/mol. The first-order valence-corrected chi connectivity index (χ1v) is 12.7. The predicted octanol–water partition coefficient (Wildman–Crippen LogP) is 0.400. The van der Waals surface area contributed by atoms with Crippen molar-refractivity contribution in [2.75, 3.05) is 59.0 Å². The molecule has 0 saturated heterocycles. The number of nitrogens with one attached hydrogen (secondary N) is 2. The quantitative estimate of drug-likeness (QED) is 0.125. The van der Waals surface area contributed by atoms with Crippen molar-refractivity contribution < 1.29 is 19.1 Å². The zero-order valence-corrected chi connectivity index (χ0v) is 21.3. The van der Waals surface area contributed by atoms with Gasteiger partial charge in [-0.3, -0.25) is 9.59 Å². The highest BCUT2D eigenvalue weighted by atomic mass is 16.5. The summed E-state index contributed by atoms with van der Waals surface area (Å²) in [6, 6.07) is 0. The number of ether oxygens (including phenoxy) is 1. The Morgan fingerprint density at radius 1 is 0.794 bits per heavy atom. The molecule has 10 N–H and O–H groups in total. The van der Waals surface area contributed by atoms with Crippen molar-refractivity contribution in [1.29, 1.82) is 0 Å². The fourth-order valence-electron chi connectivity index (χ4n) is 2.92. The van der Waals surface area contributed by atoms with E-state index in [4.69, 9.17) is 22.9 Å². The summed E-state index contributed by atoms with van der Waals surface area (Å²) in [7, 11) is 0. The van der Waals surface area contributed by atoms with Gasteiger partial charge in [-0.05, 0) is 58.3 Å². The Balaban J connectivity index is 0. The zero-order valence-electron chi connectivity index (χ0n) is 21.3. The Morgan fingerprint density at radius 3 is 1.94 bits per heavy atom. The van der Waals surface area contributed by atoms with Gasteiger partial charge < -0.3 is 43.2 Å². The molecule has 0 fully saturated rings. The Hall–Kier alpha value is -1.95. The van der Waals surface area contributed by atoms with Gasteiger partial charge in [0.05, 0.1) is 19.6 Å². The van der Waals surface area contributed by atoms with Crippen molar-refractivity contribution in [3.63, 3.8) is 0 Å². The number of nitrogens with two attached hydrogens (primary N) is 4. The smallest absolute Gasteiger partial charge is 0.404 e. The molecule has 0 aromatic carbocycles. The highest BCUT2D eigenvalue weighted by Gasteiger charge is 2.16. The molecule has 0 spiro atoms. The van der Waals surface area contributed by atoms with Crippen molar-refractivity contribution in [3.05, 3.63) is 0 Å². The van der Waals surface area contributed by atoms with E-state index < -0.39 is 6.09 Å². The van der Waals surface area contributed by atoms with E-state index in [9.17, 15) is 14.4 Å². The number of carbonyl (C=O) groups is 3. The van der Waals surface area contributed by atoms with Crippen LogP contribution in [0.5, 0.6) is 0 Å². The molecular weight excluding hydrogens is 438 g/mol. The summed E-state index contributed by atoms with van der Waals surface area (Å²) in [6.07, 6.45) is 9.56. The molecule has 0 aliphatic carbocycles. The molecule has 0 saturated carbocycles. The van der Waals surface area contributed by atoms with Crippen LogP contribution in [0.4, 0.5) is 4.79 Å². The maximum atomic E-state index is 12.5. The lowest BCUT2D eigenvalue weighted by Crippen LogP contribution is -2.45. The van der Waals surface area contributed by atoms with E-state index in [2.05, 4.69) is 22.3 Å². The molecular formula is C23H51N7O4. The van der Waals surface area contributed by atoms with Crippen LogP contribution in [0.15, 0.2) is 0 Å². The van der Waals surface area contributed by atoms with Crippen molar-refractivity contribution >= 4 is 17.9 Å². The molecule has 0 heterocycles. The van der Waals surface area contributed by atoms with Gasteiger partial charge in [-0.25, -0.2) is 4.79 Å². The average molecular weight is 490 g/mol. The maximum absolute atomic E-state index is 12.5. The molecule has 3 amide bonds. The third kappa shape index (κ3) is 26.3. The van der Waals surface area contributed by atoms with Crippen molar-refractivity contribution in [2.24, 2.45) is 22.9 Å². The van der Waals surface area contributed by atoms with Gasteiger partial charge in [-0.15, -0.1) is 0 Å². The number of amides is 3. The Morgan fingerprint density at radius 2 is 1.38 bits per heavy atom. The lowest BCUT2D eigenvalue weighted by atomic mass is 10.1. The first kappa shape index (κ1) is 34.2. The van der Waals surface area contributed by atoms with Gasteiger partial charge in [-0.2, -0.15) is 0 Å². The van der Waals surface area contributed by atoms with Crippen LogP contribution in [-0.4, -0.2) is 81.8 Å². The van der Waals surface area contributed by atoms with Crippen LogP contribution < -0.4 is 33.6 Å². The SMILES string of the molecule is CCCCN.NCCCCCCCNCC(=O)N(CCCCCN)CC(=O)NCCOC(N)=O. The van der Waals surface area contributed by atoms with Gasteiger partial charge in [0.1, 0.15) is 6.61 Å². The molecule has 0 aromatic heterocycles. The van der Waals surface area contributed by atoms with E-state index in [-0.39, 0.29) is 38.1 Å². The third-order valence-electron chi connectivity index (χ3n) is 4.88.